The van der Waals surface area contributed by atoms with Gasteiger partial charge >= 0.3 is 0 Å². The molecule has 24 heavy (non-hydrogen) atoms. The van der Waals surface area contributed by atoms with Crippen molar-refractivity contribution in [2.45, 2.75) is 12.3 Å². The fourth-order valence-electron chi connectivity index (χ4n) is 1.91. The van der Waals surface area contributed by atoms with Crippen molar-refractivity contribution in [3.05, 3.63) is 58.1 Å². The summed E-state index contributed by atoms with van der Waals surface area (Å²) >= 11 is 5.15. The highest BCUT2D eigenvalue weighted by molar-refractivity contribution is 9.08. The number of thiazole rings is 1. The van der Waals surface area contributed by atoms with Crippen molar-refractivity contribution in [2.75, 3.05) is 0 Å². The third-order valence-corrected chi connectivity index (χ3v) is 4.96. The fourth-order valence-corrected chi connectivity index (χ4v) is 3.18. The summed E-state index contributed by atoms with van der Waals surface area (Å²) in [6.07, 6.45) is 0. The maximum absolute atomic E-state index is 12.7. The van der Waals surface area contributed by atoms with Crippen LogP contribution in [-0.4, -0.2) is 16.0 Å². The molecule has 0 aliphatic rings. The number of primary amides is 1. The number of alkyl halides is 1. The van der Waals surface area contributed by atoms with Gasteiger partial charge in [-0.15, -0.1) is 11.3 Å². The van der Waals surface area contributed by atoms with Gasteiger partial charge in [-0.25, -0.2) is 13.8 Å². The van der Waals surface area contributed by atoms with E-state index >= 15 is 0 Å². The number of fused-ring (bicyclic) bond motifs is 1. The van der Waals surface area contributed by atoms with E-state index in [9.17, 15) is 13.6 Å². The lowest BCUT2D eigenvalue weighted by molar-refractivity contribution is 0.0991. The highest BCUT2D eigenvalue weighted by Crippen LogP contribution is 2.24. The molecule has 126 valence electrons. The molecule has 1 aromatic heterocycles. The molecule has 1 amide bonds. The minimum atomic E-state index is -1.33. The smallest absolute Gasteiger partial charge is 0.254 e. The highest BCUT2D eigenvalue weighted by atomic mass is 79.9. The summed E-state index contributed by atoms with van der Waals surface area (Å²) in [5.74, 6) is -4.47. The second kappa shape index (κ2) is 7.67. The first-order chi connectivity index (χ1) is 11.3. The maximum Gasteiger partial charge on any atom is 0.254 e. The summed E-state index contributed by atoms with van der Waals surface area (Å²) in [7, 11) is 0. The molecule has 0 bridgehead atoms. The Hall–Kier alpha value is -2.06. The number of phenols is 1. The van der Waals surface area contributed by atoms with E-state index in [1.165, 1.54) is 10.3 Å². The molecule has 3 aromatic rings. The summed E-state index contributed by atoms with van der Waals surface area (Å²) in [4.78, 5) is 14.9. The Morgan fingerprint density at radius 2 is 2.04 bits per heavy atom. The van der Waals surface area contributed by atoms with E-state index in [4.69, 9.17) is 5.11 Å². The van der Waals surface area contributed by atoms with Crippen LogP contribution < -0.4 is 5.73 Å². The summed E-state index contributed by atoms with van der Waals surface area (Å²) in [5.41, 5.74) is 6.12. The SMILES string of the molecule is Cc1ccc2sc(CBr)nc2c1.NC(=O)c1c(F)ccc(O)c1F. The van der Waals surface area contributed by atoms with Gasteiger partial charge in [-0.05, 0) is 36.8 Å². The van der Waals surface area contributed by atoms with Gasteiger partial charge < -0.3 is 10.8 Å². The summed E-state index contributed by atoms with van der Waals surface area (Å²) < 4.78 is 26.6. The highest BCUT2D eigenvalue weighted by Gasteiger charge is 2.17. The molecule has 0 saturated heterocycles. The zero-order chi connectivity index (χ0) is 17.9. The summed E-state index contributed by atoms with van der Waals surface area (Å²) in [6, 6.07) is 7.95. The van der Waals surface area contributed by atoms with Crippen molar-refractivity contribution in [1.82, 2.24) is 4.98 Å². The number of carbonyl (C=O) groups is 1. The minimum absolute atomic E-state index is 0.762. The van der Waals surface area contributed by atoms with Crippen LogP contribution >= 0.6 is 27.3 Å². The number of hydrogen-bond donors (Lipinski definition) is 2. The summed E-state index contributed by atoms with van der Waals surface area (Å²) in [5, 5.41) is 10.7. The largest absolute Gasteiger partial charge is 0.505 e. The van der Waals surface area contributed by atoms with Crippen LogP contribution in [0.5, 0.6) is 5.75 Å². The van der Waals surface area contributed by atoms with E-state index in [0.717, 1.165) is 28.0 Å². The van der Waals surface area contributed by atoms with Crippen molar-refractivity contribution in [2.24, 2.45) is 5.73 Å². The molecule has 8 heteroatoms. The summed E-state index contributed by atoms with van der Waals surface area (Å²) in [6.45, 7) is 2.09. The third-order valence-electron chi connectivity index (χ3n) is 3.02. The van der Waals surface area contributed by atoms with Crippen LogP contribution in [0.15, 0.2) is 30.3 Å². The van der Waals surface area contributed by atoms with Gasteiger partial charge in [0, 0.05) is 0 Å². The molecule has 1 heterocycles. The monoisotopic (exact) mass is 414 g/mol. The van der Waals surface area contributed by atoms with Crippen LogP contribution in [0.1, 0.15) is 20.9 Å². The number of amides is 1. The number of carbonyl (C=O) groups excluding carboxylic acids is 1. The van der Waals surface area contributed by atoms with Gasteiger partial charge in [0.05, 0.1) is 15.5 Å². The quantitative estimate of drug-likeness (QED) is 0.614. The molecule has 2 aromatic carbocycles. The zero-order valence-corrected chi connectivity index (χ0v) is 14.9. The number of phenolic OH excluding ortho intramolecular Hbond substituents is 1. The van der Waals surface area contributed by atoms with Gasteiger partial charge in [0.25, 0.3) is 5.91 Å². The molecule has 0 aliphatic heterocycles. The van der Waals surface area contributed by atoms with Crippen LogP contribution in [0, 0.1) is 18.6 Å². The van der Waals surface area contributed by atoms with E-state index in [1.807, 2.05) is 0 Å². The lowest BCUT2D eigenvalue weighted by atomic mass is 10.2. The molecule has 4 nitrogen and oxygen atoms in total. The van der Waals surface area contributed by atoms with Gasteiger partial charge in [-0.1, -0.05) is 22.0 Å². The molecule has 3 N–H and O–H groups in total. The number of benzene rings is 2. The van der Waals surface area contributed by atoms with Crippen LogP contribution in [0.4, 0.5) is 8.78 Å². The first-order valence-electron chi connectivity index (χ1n) is 6.72. The number of aryl methyl sites for hydroxylation is 1. The molecule has 0 fully saturated rings. The number of halogens is 3. The third kappa shape index (κ3) is 4.07. The Morgan fingerprint density at radius 3 is 2.62 bits per heavy atom. The van der Waals surface area contributed by atoms with E-state index in [2.05, 4.69) is 51.8 Å². The van der Waals surface area contributed by atoms with Crippen molar-refractivity contribution < 1.29 is 18.7 Å². The Morgan fingerprint density at radius 1 is 1.33 bits per heavy atom. The molecule has 0 radical (unpaired) electrons. The van der Waals surface area contributed by atoms with Gasteiger partial charge in [0.1, 0.15) is 16.4 Å². The number of hydrogen-bond acceptors (Lipinski definition) is 4. The van der Waals surface area contributed by atoms with Crippen molar-refractivity contribution in [1.29, 1.82) is 0 Å². The van der Waals surface area contributed by atoms with Crippen molar-refractivity contribution in [3.63, 3.8) is 0 Å². The van der Waals surface area contributed by atoms with Crippen LogP contribution in [0.2, 0.25) is 0 Å². The number of nitrogens with two attached hydrogens (primary N) is 1. The lowest BCUT2D eigenvalue weighted by Gasteiger charge is -2.00. The number of nitrogens with zero attached hydrogens (tertiary/aromatic N) is 1. The van der Waals surface area contributed by atoms with E-state index < -0.39 is 28.9 Å². The van der Waals surface area contributed by atoms with E-state index in [-0.39, 0.29) is 0 Å². The normalized spacial score (nSPS) is 10.3. The molecule has 3 rings (SSSR count). The molecule has 0 unspecified atom stereocenters. The average molecular weight is 415 g/mol. The Balaban J connectivity index is 0.000000174. The Bertz CT molecular complexity index is 899. The Labute approximate surface area is 149 Å². The van der Waals surface area contributed by atoms with Crippen LogP contribution in [0.3, 0.4) is 0 Å². The van der Waals surface area contributed by atoms with Crippen LogP contribution in [-0.2, 0) is 5.33 Å². The second-order valence-corrected chi connectivity index (χ2v) is 6.51. The Kier molecular flexibility index (Phi) is 5.84. The first kappa shape index (κ1) is 18.3. The van der Waals surface area contributed by atoms with Crippen LogP contribution in [0.25, 0.3) is 10.2 Å². The molecule has 0 atom stereocenters. The molecule has 0 spiro atoms. The van der Waals surface area contributed by atoms with Crippen molar-refractivity contribution >= 4 is 43.4 Å². The standard InChI is InChI=1S/C9H8BrNS.C7H5F2NO2/c1-6-2-3-8-7(4-6)11-9(5-10)12-8;8-3-1-2-4(11)6(9)5(3)7(10)12/h2-4H,5H2,1H3;1-2,11H,(H2,10,12). The topological polar surface area (TPSA) is 76.2 Å². The van der Waals surface area contributed by atoms with Gasteiger partial charge in [0.2, 0.25) is 0 Å². The number of aromatic hydroxyl groups is 1. The molecule has 0 aliphatic carbocycles. The van der Waals surface area contributed by atoms with Gasteiger partial charge in [-0.2, -0.15) is 0 Å². The average Bonchev–Trinajstić information content (AvgIpc) is 2.94. The lowest BCUT2D eigenvalue weighted by Crippen LogP contribution is -2.15. The zero-order valence-electron chi connectivity index (χ0n) is 12.5. The van der Waals surface area contributed by atoms with E-state index in [1.54, 1.807) is 11.3 Å². The van der Waals surface area contributed by atoms with Gasteiger partial charge in [0.15, 0.2) is 11.6 Å². The van der Waals surface area contributed by atoms with E-state index in [0.29, 0.717) is 0 Å². The number of rotatable bonds is 2. The molecular formula is C16H13BrF2N2O2S. The van der Waals surface area contributed by atoms with Crippen molar-refractivity contribution in [3.8, 4) is 5.75 Å². The molecular weight excluding hydrogens is 402 g/mol. The second-order valence-electron chi connectivity index (χ2n) is 4.83. The van der Waals surface area contributed by atoms with Gasteiger partial charge in [-0.3, -0.25) is 4.79 Å². The predicted molar refractivity (Wildman–Crippen MR) is 93.5 cm³/mol. The minimum Gasteiger partial charge on any atom is -0.505 e. The predicted octanol–water partition coefficient (Wildman–Crippen LogP) is 4.27. The first-order valence-corrected chi connectivity index (χ1v) is 8.66. The fraction of sp³-hybridized carbons (Fsp3) is 0.125. The number of aromatic nitrogens is 1. The molecule has 0 saturated carbocycles. The maximum atomic E-state index is 12.7.